The minimum absolute atomic E-state index is 0.278. The summed E-state index contributed by atoms with van der Waals surface area (Å²) in [5.41, 5.74) is 0.676. The second-order valence-electron chi connectivity index (χ2n) is 3.09. The van der Waals surface area contributed by atoms with Gasteiger partial charge in [0.2, 0.25) is 0 Å². The Bertz CT molecular complexity index is 583. The molecule has 6 nitrogen and oxygen atoms in total. The van der Waals surface area contributed by atoms with Gasteiger partial charge in [-0.3, -0.25) is 9.89 Å². The van der Waals surface area contributed by atoms with Crippen molar-refractivity contribution in [1.82, 2.24) is 15.2 Å². The number of nitrogens with zero attached hydrogens (tertiary/aromatic N) is 3. The normalized spacial score (nSPS) is 9.65. The Morgan fingerprint density at radius 3 is 2.94 bits per heavy atom. The van der Waals surface area contributed by atoms with Crippen molar-refractivity contribution >= 4 is 27.7 Å². The average molecular weight is 292 g/mol. The number of rotatable bonds is 2. The van der Waals surface area contributed by atoms with Gasteiger partial charge in [0.15, 0.2) is 0 Å². The molecule has 0 saturated heterocycles. The van der Waals surface area contributed by atoms with Gasteiger partial charge in [0.05, 0.1) is 11.8 Å². The third-order valence-corrected chi connectivity index (χ3v) is 2.46. The van der Waals surface area contributed by atoms with E-state index in [1.165, 1.54) is 12.4 Å². The number of carbonyl (C=O) groups excluding carboxylic acids is 1. The highest BCUT2D eigenvalue weighted by Gasteiger charge is 2.10. The van der Waals surface area contributed by atoms with E-state index in [2.05, 4.69) is 36.4 Å². The number of anilines is 1. The summed E-state index contributed by atoms with van der Waals surface area (Å²) in [6.45, 7) is 0. The second kappa shape index (κ2) is 4.76. The molecule has 2 aromatic rings. The molecule has 0 atom stereocenters. The van der Waals surface area contributed by atoms with Gasteiger partial charge in [-0.15, -0.1) is 0 Å². The van der Waals surface area contributed by atoms with Crippen LogP contribution in [0.5, 0.6) is 0 Å². The molecule has 0 aliphatic carbocycles. The van der Waals surface area contributed by atoms with Crippen molar-refractivity contribution in [2.75, 3.05) is 5.32 Å². The van der Waals surface area contributed by atoms with E-state index >= 15 is 0 Å². The van der Waals surface area contributed by atoms with Crippen molar-refractivity contribution in [3.8, 4) is 6.07 Å². The van der Waals surface area contributed by atoms with Gasteiger partial charge < -0.3 is 5.32 Å². The molecular formula is C10H6BrN5O. The third kappa shape index (κ3) is 2.49. The number of amides is 1. The summed E-state index contributed by atoms with van der Waals surface area (Å²) >= 11 is 3.18. The van der Waals surface area contributed by atoms with Crippen LogP contribution in [0.25, 0.3) is 0 Å². The quantitative estimate of drug-likeness (QED) is 0.823. The largest absolute Gasteiger partial charge is 0.306 e. The van der Waals surface area contributed by atoms with Crippen molar-refractivity contribution in [3.05, 3.63) is 40.3 Å². The second-order valence-corrected chi connectivity index (χ2v) is 3.91. The number of nitriles is 1. The summed E-state index contributed by atoms with van der Waals surface area (Å²) in [6, 6.07) is 5.19. The fraction of sp³-hybridized carbons (Fsp3) is 0. The fourth-order valence-electron chi connectivity index (χ4n) is 1.16. The number of H-pyrrole nitrogens is 1. The van der Waals surface area contributed by atoms with E-state index in [1.807, 2.05) is 6.07 Å². The first-order valence-corrected chi connectivity index (χ1v) is 5.36. The molecule has 17 heavy (non-hydrogen) atoms. The van der Waals surface area contributed by atoms with Crippen molar-refractivity contribution in [1.29, 1.82) is 5.26 Å². The zero-order chi connectivity index (χ0) is 12.3. The highest BCUT2D eigenvalue weighted by Crippen LogP contribution is 2.12. The SMILES string of the molecule is N#Cc1cn[nH]c1NC(=O)c1ccc(Br)nc1. The van der Waals surface area contributed by atoms with E-state index in [9.17, 15) is 4.79 Å². The van der Waals surface area contributed by atoms with Gasteiger partial charge in [0.1, 0.15) is 22.1 Å². The summed E-state index contributed by atoms with van der Waals surface area (Å²) < 4.78 is 0.647. The smallest absolute Gasteiger partial charge is 0.258 e. The first kappa shape index (κ1) is 11.3. The molecule has 1 amide bonds. The maximum absolute atomic E-state index is 11.8. The van der Waals surface area contributed by atoms with Crippen LogP contribution in [0.2, 0.25) is 0 Å². The Morgan fingerprint density at radius 1 is 1.47 bits per heavy atom. The fourth-order valence-corrected chi connectivity index (χ4v) is 1.40. The molecule has 0 bridgehead atoms. The number of hydrogen-bond acceptors (Lipinski definition) is 4. The number of aromatic nitrogens is 3. The summed E-state index contributed by atoms with van der Waals surface area (Å²) in [5.74, 6) is -0.0776. The molecule has 0 aromatic carbocycles. The Labute approximate surface area is 105 Å². The highest BCUT2D eigenvalue weighted by molar-refractivity contribution is 9.10. The Balaban J connectivity index is 2.18. The van der Waals surface area contributed by atoms with Gasteiger partial charge in [-0.25, -0.2) is 4.98 Å². The van der Waals surface area contributed by atoms with E-state index in [-0.39, 0.29) is 17.3 Å². The number of nitrogens with one attached hydrogen (secondary N) is 2. The molecule has 2 rings (SSSR count). The van der Waals surface area contributed by atoms with E-state index < -0.39 is 0 Å². The van der Waals surface area contributed by atoms with E-state index in [4.69, 9.17) is 5.26 Å². The number of pyridine rings is 1. The van der Waals surface area contributed by atoms with Crippen LogP contribution in [0, 0.1) is 11.3 Å². The van der Waals surface area contributed by atoms with Gasteiger partial charge in [-0.1, -0.05) is 0 Å². The maximum atomic E-state index is 11.8. The number of carbonyl (C=O) groups is 1. The average Bonchev–Trinajstić information content (AvgIpc) is 2.77. The zero-order valence-electron chi connectivity index (χ0n) is 8.44. The van der Waals surface area contributed by atoms with Crippen LogP contribution in [0.1, 0.15) is 15.9 Å². The Kier molecular flexibility index (Phi) is 3.16. The standard InChI is InChI=1S/C10H6BrN5O/c11-8-2-1-6(4-13-8)10(17)15-9-7(3-12)5-14-16-9/h1-2,4-5H,(H2,14,15,16,17). The molecule has 0 saturated carbocycles. The minimum Gasteiger partial charge on any atom is -0.306 e. The highest BCUT2D eigenvalue weighted by atomic mass is 79.9. The van der Waals surface area contributed by atoms with E-state index in [0.717, 1.165) is 0 Å². The summed E-state index contributed by atoms with van der Waals surface area (Å²) in [5, 5.41) is 17.5. The molecule has 2 N–H and O–H groups in total. The Hall–Kier alpha value is -2.20. The zero-order valence-corrected chi connectivity index (χ0v) is 10.0. The topological polar surface area (TPSA) is 94.5 Å². The minimum atomic E-state index is -0.356. The van der Waals surface area contributed by atoms with Gasteiger partial charge >= 0.3 is 0 Å². The van der Waals surface area contributed by atoms with Crippen molar-refractivity contribution in [3.63, 3.8) is 0 Å². The summed E-state index contributed by atoms with van der Waals surface area (Å²) in [4.78, 5) is 15.7. The Morgan fingerprint density at radius 2 is 2.29 bits per heavy atom. The molecular weight excluding hydrogens is 286 g/mol. The molecule has 0 unspecified atom stereocenters. The van der Waals surface area contributed by atoms with Crippen LogP contribution in [-0.2, 0) is 0 Å². The lowest BCUT2D eigenvalue weighted by molar-refractivity contribution is 0.102. The lowest BCUT2D eigenvalue weighted by Gasteiger charge is -2.02. The van der Waals surface area contributed by atoms with Gasteiger partial charge in [-0.05, 0) is 28.1 Å². The first-order chi connectivity index (χ1) is 8.20. The molecule has 84 valence electrons. The van der Waals surface area contributed by atoms with Crippen molar-refractivity contribution in [2.24, 2.45) is 0 Å². The molecule has 0 fully saturated rings. The predicted octanol–water partition coefficient (Wildman–Crippen LogP) is 1.69. The molecule has 7 heteroatoms. The van der Waals surface area contributed by atoms with Crippen LogP contribution in [0.3, 0.4) is 0 Å². The summed E-state index contributed by atoms with van der Waals surface area (Å²) in [7, 11) is 0. The van der Waals surface area contributed by atoms with Crippen LogP contribution in [0.4, 0.5) is 5.82 Å². The van der Waals surface area contributed by atoms with E-state index in [1.54, 1.807) is 12.1 Å². The molecule has 0 aliphatic heterocycles. The maximum Gasteiger partial charge on any atom is 0.258 e. The molecule has 0 radical (unpaired) electrons. The van der Waals surface area contributed by atoms with Gasteiger partial charge in [0, 0.05) is 6.20 Å². The van der Waals surface area contributed by atoms with Gasteiger partial charge in [-0.2, -0.15) is 10.4 Å². The van der Waals surface area contributed by atoms with Crippen molar-refractivity contribution < 1.29 is 4.79 Å². The summed E-state index contributed by atoms with van der Waals surface area (Å²) in [6.07, 6.45) is 2.78. The third-order valence-electron chi connectivity index (χ3n) is 1.99. The first-order valence-electron chi connectivity index (χ1n) is 4.57. The van der Waals surface area contributed by atoms with Crippen molar-refractivity contribution in [2.45, 2.75) is 0 Å². The molecule has 0 spiro atoms. The predicted molar refractivity (Wildman–Crippen MR) is 63.2 cm³/mol. The monoisotopic (exact) mass is 291 g/mol. The van der Waals surface area contributed by atoms with Crippen LogP contribution < -0.4 is 5.32 Å². The molecule has 2 heterocycles. The lowest BCUT2D eigenvalue weighted by atomic mass is 10.2. The molecule has 0 aliphatic rings. The van der Waals surface area contributed by atoms with E-state index in [0.29, 0.717) is 10.2 Å². The molecule has 2 aromatic heterocycles. The van der Waals surface area contributed by atoms with Crippen LogP contribution in [-0.4, -0.2) is 21.1 Å². The number of hydrogen-bond donors (Lipinski definition) is 2. The number of halogens is 1. The van der Waals surface area contributed by atoms with Crippen LogP contribution >= 0.6 is 15.9 Å². The van der Waals surface area contributed by atoms with Gasteiger partial charge in [0.25, 0.3) is 5.91 Å². The van der Waals surface area contributed by atoms with Crippen LogP contribution in [0.15, 0.2) is 29.1 Å². The lowest BCUT2D eigenvalue weighted by Crippen LogP contribution is -2.13. The number of aromatic amines is 1.